The molecular formula is C19H20FN3O3. The molecule has 1 fully saturated rings. The number of nitrogens with zero attached hydrogens (tertiary/aromatic N) is 2. The van der Waals surface area contributed by atoms with E-state index in [1.54, 1.807) is 12.1 Å². The molecule has 1 aliphatic heterocycles. The van der Waals surface area contributed by atoms with Crippen molar-refractivity contribution in [1.29, 1.82) is 0 Å². The molecule has 0 saturated carbocycles. The van der Waals surface area contributed by atoms with Crippen LogP contribution in [0.4, 0.5) is 10.1 Å². The van der Waals surface area contributed by atoms with Gasteiger partial charge in [0.15, 0.2) is 0 Å². The molecule has 1 aliphatic rings. The molecular weight excluding hydrogens is 337 g/mol. The number of carbonyl (C=O) groups excluding carboxylic acids is 1. The number of rotatable bonds is 6. The number of hydrogen-bond acceptors (Lipinski definition) is 4. The van der Waals surface area contributed by atoms with Gasteiger partial charge in [-0.05, 0) is 49.6 Å². The lowest BCUT2D eigenvalue weighted by molar-refractivity contribution is -0.385. The Morgan fingerprint density at radius 1 is 1.31 bits per heavy atom. The number of primary amides is 1. The molecule has 136 valence electrons. The maximum atomic E-state index is 13.4. The van der Waals surface area contributed by atoms with Crippen molar-refractivity contribution in [3.05, 3.63) is 75.1 Å². The normalized spacial score (nSPS) is 17.3. The molecule has 0 unspecified atom stereocenters. The maximum Gasteiger partial charge on any atom is 0.274 e. The van der Waals surface area contributed by atoms with Gasteiger partial charge in [-0.25, -0.2) is 4.39 Å². The Morgan fingerprint density at radius 3 is 2.81 bits per heavy atom. The fraction of sp³-hybridized carbons (Fsp3) is 0.316. The van der Waals surface area contributed by atoms with Crippen LogP contribution in [0, 0.1) is 15.9 Å². The van der Waals surface area contributed by atoms with E-state index < -0.39 is 10.8 Å². The number of likely N-dealkylation sites (tertiary alicyclic amines) is 1. The Hall–Kier alpha value is -2.80. The lowest BCUT2D eigenvalue weighted by Gasteiger charge is -2.24. The SMILES string of the molecule is NC(=O)c1ccc(CN2CCC[C@@H]2Cc2cccc(F)c2)c([N+](=O)[O-])c1. The third-order valence-electron chi connectivity index (χ3n) is 4.80. The van der Waals surface area contributed by atoms with Crippen molar-refractivity contribution >= 4 is 11.6 Å². The van der Waals surface area contributed by atoms with E-state index in [-0.39, 0.29) is 23.1 Å². The predicted octanol–water partition coefficient (Wildman–Crippen LogP) is 3.04. The fourth-order valence-corrected chi connectivity index (χ4v) is 3.51. The van der Waals surface area contributed by atoms with Crippen LogP contribution >= 0.6 is 0 Å². The number of nitro benzene ring substituents is 1. The quantitative estimate of drug-likeness (QED) is 0.636. The van der Waals surface area contributed by atoms with E-state index in [1.165, 1.54) is 24.3 Å². The lowest BCUT2D eigenvalue weighted by Crippen LogP contribution is -2.31. The summed E-state index contributed by atoms with van der Waals surface area (Å²) < 4.78 is 13.4. The second-order valence-electron chi connectivity index (χ2n) is 6.57. The van der Waals surface area contributed by atoms with Crippen molar-refractivity contribution in [1.82, 2.24) is 4.90 Å². The van der Waals surface area contributed by atoms with E-state index in [4.69, 9.17) is 5.73 Å². The summed E-state index contributed by atoms with van der Waals surface area (Å²) in [6, 6.07) is 11.1. The second kappa shape index (κ2) is 7.61. The zero-order valence-corrected chi connectivity index (χ0v) is 14.2. The third kappa shape index (κ3) is 4.05. The Kier molecular flexibility index (Phi) is 5.27. The molecule has 2 N–H and O–H groups in total. The van der Waals surface area contributed by atoms with Crippen LogP contribution in [0.15, 0.2) is 42.5 Å². The maximum absolute atomic E-state index is 13.4. The highest BCUT2D eigenvalue weighted by atomic mass is 19.1. The Balaban J connectivity index is 1.79. The van der Waals surface area contributed by atoms with Crippen molar-refractivity contribution in [3.63, 3.8) is 0 Å². The van der Waals surface area contributed by atoms with Gasteiger partial charge >= 0.3 is 0 Å². The summed E-state index contributed by atoms with van der Waals surface area (Å²) >= 11 is 0. The molecule has 7 heteroatoms. The molecule has 1 heterocycles. The van der Waals surface area contributed by atoms with Crippen LogP contribution in [-0.4, -0.2) is 28.3 Å². The Morgan fingerprint density at radius 2 is 2.12 bits per heavy atom. The highest BCUT2D eigenvalue weighted by Gasteiger charge is 2.27. The average Bonchev–Trinajstić information content (AvgIpc) is 3.01. The van der Waals surface area contributed by atoms with Crippen molar-refractivity contribution in [2.45, 2.75) is 31.8 Å². The van der Waals surface area contributed by atoms with E-state index in [0.29, 0.717) is 18.5 Å². The molecule has 1 saturated heterocycles. The molecule has 2 aromatic carbocycles. The number of benzene rings is 2. The first-order valence-electron chi connectivity index (χ1n) is 8.49. The summed E-state index contributed by atoms with van der Waals surface area (Å²) in [7, 11) is 0. The first-order chi connectivity index (χ1) is 12.4. The Bertz CT molecular complexity index is 841. The van der Waals surface area contributed by atoms with Crippen molar-refractivity contribution in [2.75, 3.05) is 6.54 Å². The molecule has 1 amide bonds. The highest BCUT2D eigenvalue weighted by Crippen LogP contribution is 2.27. The largest absolute Gasteiger partial charge is 0.366 e. The van der Waals surface area contributed by atoms with Crippen molar-refractivity contribution < 1.29 is 14.1 Å². The smallest absolute Gasteiger partial charge is 0.274 e. The summed E-state index contributed by atoms with van der Waals surface area (Å²) in [5.74, 6) is -0.950. The van der Waals surface area contributed by atoms with E-state index >= 15 is 0 Å². The van der Waals surface area contributed by atoms with Gasteiger partial charge in [0, 0.05) is 29.8 Å². The van der Waals surface area contributed by atoms with Gasteiger partial charge in [-0.2, -0.15) is 0 Å². The monoisotopic (exact) mass is 357 g/mol. The molecule has 2 aromatic rings. The molecule has 0 aromatic heterocycles. The highest BCUT2D eigenvalue weighted by molar-refractivity contribution is 5.93. The molecule has 0 aliphatic carbocycles. The number of carbonyl (C=O) groups is 1. The summed E-state index contributed by atoms with van der Waals surface area (Å²) in [6.45, 7) is 1.24. The first-order valence-corrected chi connectivity index (χ1v) is 8.49. The zero-order valence-electron chi connectivity index (χ0n) is 14.2. The number of halogens is 1. The fourth-order valence-electron chi connectivity index (χ4n) is 3.51. The van der Waals surface area contributed by atoms with Crippen LogP contribution in [0.3, 0.4) is 0 Å². The van der Waals surface area contributed by atoms with Crippen LogP contribution in [-0.2, 0) is 13.0 Å². The zero-order chi connectivity index (χ0) is 18.7. The van der Waals surface area contributed by atoms with Gasteiger partial charge in [0.2, 0.25) is 5.91 Å². The minimum absolute atomic E-state index is 0.0993. The molecule has 0 radical (unpaired) electrons. The van der Waals surface area contributed by atoms with Gasteiger partial charge in [-0.1, -0.05) is 18.2 Å². The van der Waals surface area contributed by atoms with Gasteiger partial charge in [0.25, 0.3) is 5.69 Å². The van der Waals surface area contributed by atoms with E-state index in [1.807, 2.05) is 6.07 Å². The van der Waals surface area contributed by atoms with Gasteiger partial charge in [-0.3, -0.25) is 19.8 Å². The molecule has 6 nitrogen and oxygen atoms in total. The lowest BCUT2D eigenvalue weighted by atomic mass is 10.0. The second-order valence-corrected chi connectivity index (χ2v) is 6.57. The summed E-state index contributed by atoms with van der Waals surface area (Å²) in [6.07, 6.45) is 2.65. The number of nitrogens with two attached hydrogens (primary N) is 1. The van der Waals surface area contributed by atoms with Crippen LogP contribution < -0.4 is 5.73 Å². The molecule has 0 bridgehead atoms. The van der Waals surface area contributed by atoms with Crippen LogP contribution in [0.2, 0.25) is 0 Å². The molecule has 0 spiro atoms. The first kappa shape index (κ1) is 18.0. The van der Waals surface area contributed by atoms with Gasteiger partial charge < -0.3 is 5.73 Å². The van der Waals surface area contributed by atoms with Gasteiger partial charge in [0.05, 0.1) is 4.92 Å². The van der Waals surface area contributed by atoms with Crippen LogP contribution in [0.1, 0.15) is 34.3 Å². The standard InChI is InChI=1S/C19H20FN3O3/c20-16-4-1-3-13(9-16)10-17-5-2-8-22(17)12-15-7-6-14(19(21)24)11-18(15)23(25)26/h1,3-4,6-7,9,11,17H,2,5,8,10,12H2,(H2,21,24)/t17-/m1/s1. The minimum atomic E-state index is -0.690. The van der Waals surface area contributed by atoms with Crippen LogP contribution in [0.5, 0.6) is 0 Å². The molecule has 26 heavy (non-hydrogen) atoms. The number of hydrogen-bond donors (Lipinski definition) is 1. The van der Waals surface area contributed by atoms with E-state index in [0.717, 1.165) is 24.9 Å². The Labute approximate surface area is 150 Å². The summed E-state index contributed by atoms with van der Waals surface area (Å²) in [5.41, 5.74) is 6.70. The summed E-state index contributed by atoms with van der Waals surface area (Å²) in [5, 5.41) is 11.4. The third-order valence-corrected chi connectivity index (χ3v) is 4.80. The van der Waals surface area contributed by atoms with Crippen LogP contribution in [0.25, 0.3) is 0 Å². The predicted molar refractivity (Wildman–Crippen MR) is 95.2 cm³/mol. The van der Waals surface area contributed by atoms with Gasteiger partial charge in [-0.15, -0.1) is 0 Å². The molecule has 3 rings (SSSR count). The van der Waals surface area contributed by atoms with Crippen molar-refractivity contribution in [2.24, 2.45) is 5.73 Å². The average molecular weight is 357 g/mol. The van der Waals surface area contributed by atoms with E-state index in [2.05, 4.69) is 4.90 Å². The van der Waals surface area contributed by atoms with Crippen molar-refractivity contribution in [3.8, 4) is 0 Å². The van der Waals surface area contributed by atoms with E-state index in [9.17, 15) is 19.3 Å². The van der Waals surface area contributed by atoms with Gasteiger partial charge in [0.1, 0.15) is 5.82 Å². The minimum Gasteiger partial charge on any atom is -0.366 e. The summed E-state index contributed by atoms with van der Waals surface area (Å²) in [4.78, 5) is 24.3. The molecule has 1 atom stereocenters. The number of amides is 1. The topological polar surface area (TPSA) is 89.5 Å². The number of nitro groups is 1.